The van der Waals surface area contributed by atoms with E-state index in [-0.39, 0.29) is 11.8 Å². The molecule has 5 heteroatoms. The van der Waals surface area contributed by atoms with E-state index in [4.69, 9.17) is 4.74 Å². The number of nitrogens with zero attached hydrogens (tertiary/aromatic N) is 1. The highest BCUT2D eigenvalue weighted by atomic mass is 16.5. The molecule has 18 heavy (non-hydrogen) atoms. The third-order valence-corrected chi connectivity index (χ3v) is 2.98. The maximum atomic E-state index is 12.1. The van der Waals surface area contributed by atoms with E-state index >= 15 is 0 Å². The van der Waals surface area contributed by atoms with Crippen LogP contribution in [0.4, 0.5) is 5.69 Å². The number of nitrogens with one attached hydrogen (secondary N) is 2. The van der Waals surface area contributed by atoms with Crippen molar-refractivity contribution in [3.63, 3.8) is 0 Å². The molecule has 98 valence electrons. The highest BCUT2D eigenvalue weighted by Crippen LogP contribution is 2.22. The molecule has 2 N–H and O–H groups in total. The van der Waals surface area contributed by atoms with Gasteiger partial charge in [0.05, 0.1) is 12.5 Å². The van der Waals surface area contributed by atoms with Crippen LogP contribution in [-0.4, -0.2) is 30.6 Å². The van der Waals surface area contributed by atoms with E-state index in [0.29, 0.717) is 18.2 Å². The normalized spacial score (nSPS) is 19.3. The quantitative estimate of drug-likeness (QED) is 0.847. The molecule has 1 aliphatic heterocycles. The second-order valence-corrected chi connectivity index (χ2v) is 4.32. The summed E-state index contributed by atoms with van der Waals surface area (Å²) < 4.78 is 5.38. The van der Waals surface area contributed by atoms with Crippen LogP contribution >= 0.6 is 0 Å². The molecular formula is C13H19N3O2. The maximum Gasteiger partial charge on any atom is 0.237 e. The Hall–Kier alpha value is -1.62. The lowest BCUT2D eigenvalue weighted by molar-refractivity contribution is -0.120. The van der Waals surface area contributed by atoms with Gasteiger partial charge >= 0.3 is 0 Å². The van der Waals surface area contributed by atoms with Crippen molar-refractivity contribution in [2.75, 3.05) is 25.0 Å². The van der Waals surface area contributed by atoms with Crippen LogP contribution in [0, 0.1) is 5.92 Å². The summed E-state index contributed by atoms with van der Waals surface area (Å²) in [5.41, 5.74) is 0.648. The molecule has 0 unspecified atom stereocenters. The van der Waals surface area contributed by atoms with E-state index < -0.39 is 0 Å². The van der Waals surface area contributed by atoms with Crippen molar-refractivity contribution < 1.29 is 9.53 Å². The molecule has 0 aliphatic carbocycles. The predicted molar refractivity (Wildman–Crippen MR) is 69.6 cm³/mol. The summed E-state index contributed by atoms with van der Waals surface area (Å²) in [7, 11) is 0. The van der Waals surface area contributed by atoms with Gasteiger partial charge in [0.15, 0.2) is 0 Å². The van der Waals surface area contributed by atoms with E-state index in [1.807, 2.05) is 13.0 Å². The van der Waals surface area contributed by atoms with Crippen LogP contribution in [0.3, 0.4) is 0 Å². The van der Waals surface area contributed by atoms with Gasteiger partial charge in [-0.3, -0.25) is 4.79 Å². The lowest BCUT2D eigenvalue weighted by Crippen LogP contribution is -2.37. The standard InChI is InChI=1S/C13H19N3O2/c1-2-18-13-11(6-4-8-15-13)16-12(17)10-5-3-7-14-9-10/h4,6,8,10,14H,2-3,5,7,9H2,1H3,(H,16,17)/t10-/m0/s1. The average molecular weight is 249 g/mol. The smallest absolute Gasteiger partial charge is 0.237 e. The fourth-order valence-electron chi connectivity index (χ4n) is 2.05. The number of ether oxygens (including phenoxy) is 1. The zero-order valence-electron chi connectivity index (χ0n) is 10.6. The second kappa shape index (κ2) is 6.35. The minimum atomic E-state index is 0.0356. The lowest BCUT2D eigenvalue weighted by atomic mass is 9.99. The van der Waals surface area contributed by atoms with Crippen LogP contribution in [0.15, 0.2) is 18.3 Å². The van der Waals surface area contributed by atoms with E-state index in [1.165, 1.54) is 0 Å². The zero-order chi connectivity index (χ0) is 12.8. The van der Waals surface area contributed by atoms with Gasteiger partial charge in [-0.2, -0.15) is 0 Å². The van der Waals surface area contributed by atoms with Crippen molar-refractivity contribution >= 4 is 11.6 Å². The molecule has 2 heterocycles. The Balaban J connectivity index is 2.01. The third kappa shape index (κ3) is 3.20. The van der Waals surface area contributed by atoms with Crippen LogP contribution in [0.2, 0.25) is 0 Å². The van der Waals surface area contributed by atoms with E-state index in [2.05, 4.69) is 15.6 Å². The Kier molecular flexibility index (Phi) is 4.52. The van der Waals surface area contributed by atoms with E-state index in [9.17, 15) is 4.79 Å². The molecule has 2 rings (SSSR count). The van der Waals surface area contributed by atoms with Crippen LogP contribution < -0.4 is 15.4 Å². The molecule has 1 aromatic rings. The van der Waals surface area contributed by atoms with Crippen molar-refractivity contribution in [1.82, 2.24) is 10.3 Å². The number of carbonyl (C=O) groups excluding carboxylic acids is 1. The van der Waals surface area contributed by atoms with Gasteiger partial charge in [-0.15, -0.1) is 0 Å². The highest BCUT2D eigenvalue weighted by molar-refractivity contribution is 5.93. The van der Waals surface area contributed by atoms with Gasteiger partial charge < -0.3 is 15.4 Å². The fraction of sp³-hybridized carbons (Fsp3) is 0.538. The molecule has 0 aromatic carbocycles. The average Bonchev–Trinajstić information content (AvgIpc) is 2.42. The molecule has 0 bridgehead atoms. The largest absolute Gasteiger partial charge is 0.476 e. The van der Waals surface area contributed by atoms with Gasteiger partial charge in [0, 0.05) is 12.7 Å². The molecule has 0 saturated carbocycles. The van der Waals surface area contributed by atoms with Gasteiger partial charge in [-0.05, 0) is 38.4 Å². The van der Waals surface area contributed by atoms with Crippen molar-refractivity contribution in [1.29, 1.82) is 0 Å². The number of piperidine rings is 1. The lowest BCUT2D eigenvalue weighted by Gasteiger charge is -2.22. The predicted octanol–water partition coefficient (Wildman–Crippen LogP) is 1.42. The van der Waals surface area contributed by atoms with Crippen LogP contribution in [0.25, 0.3) is 0 Å². The summed E-state index contributed by atoms with van der Waals surface area (Å²) in [5.74, 6) is 0.557. The summed E-state index contributed by atoms with van der Waals surface area (Å²) in [6.45, 7) is 4.17. The van der Waals surface area contributed by atoms with Gasteiger partial charge in [0.1, 0.15) is 5.69 Å². The molecule has 0 radical (unpaired) electrons. The molecule has 0 spiro atoms. The molecule has 1 aliphatic rings. The minimum Gasteiger partial charge on any atom is -0.476 e. The molecule has 1 amide bonds. The minimum absolute atomic E-state index is 0.0356. The van der Waals surface area contributed by atoms with E-state index in [1.54, 1.807) is 12.3 Å². The maximum absolute atomic E-state index is 12.1. The van der Waals surface area contributed by atoms with Crippen molar-refractivity contribution in [2.45, 2.75) is 19.8 Å². The number of rotatable bonds is 4. The molecule has 1 atom stereocenters. The number of amides is 1. The Morgan fingerprint density at radius 2 is 2.56 bits per heavy atom. The Bertz CT molecular complexity index is 403. The SMILES string of the molecule is CCOc1ncccc1NC(=O)[C@H]1CCCNC1. The molecule has 5 nitrogen and oxygen atoms in total. The summed E-state index contributed by atoms with van der Waals surface area (Å²) in [4.78, 5) is 16.2. The van der Waals surface area contributed by atoms with Gasteiger partial charge in [0.2, 0.25) is 11.8 Å². The number of anilines is 1. The number of pyridine rings is 1. The van der Waals surface area contributed by atoms with Gasteiger partial charge in [-0.25, -0.2) is 4.98 Å². The van der Waals surface area contributed by atoms with Crippen molar-refractivity contribution in [3.8, 4) is 5.88 Å². The number of carbonyl (C=O) groups is 1. The first-order valence-corrected chi connectivity index (χ1v) is 6.40. The number of aromatic nitrogens is 1. The van der Waals surface area contributed by atoms with Crippen LogP contribution in [0.1, 0.15) is 19.8 Å². The van der Waals surface area contributed by atoms with Crippen molar-refractivity contribution in [2.24, 2.45) is 5.92 Å². The summed E-state index contributed by atoms with van der Waals surface area (Å²) >= 11 is 0. The van der Waals surface area contributed by atoms with Gasteiger partial charge in [-0.1, -0.05) is 0 Å². The van der Waals surface area contributed by atoms with E-state index in [0.717, 1.165) is 25.9 Å². The summed E-state index contributed by atoms with van der Waals surface area (Å²) in [6.07, 6.45) is 3.63. The van der Waals surface area contributed by atoms with Gasteiger partial charge in [0.25, 0.3) is 0 Å². The summed E-state index contributed by atoms with van der Waals surface area (Å²) in [6, 6.07) is 3.60. The fourth-order valence-corrected chi connectivity index (χ4v) is 2.05. The molecule has 1 aromatic heterocycles. The van der Waals surface area contributed by atoms with Crippen LogP contribution in [-0.2, 0) is 4.79 Å². The Labute approximate surface area is 107 Å². The number of hydrogen-bond acceptors (Lipinski definition) is 4. The van der Waals surface area contributed by atoms with Crippen molar-refractivity contribution in [3.05, 3.63) is 18.3 Å². The first-order chi connectivity index (χ1) is 8.81. The molecule has 1 saturated heterocycles. The monoisotopic (exact) mass is 249 g/mol. The highest BCUT2D eigenvalue weighted by Gasteiger charge is 2.21. The zero-order valence-corrected chi connectivity index (χ0v) is 10.6. The summed E-state index contributed by atoms with van der Waals surface area (Å²) in [5, 5.41) is 6.13. The molecule has 1 fully saturated rings. The number of hydrogen-bond donors (Lipinski definition) is 2. The van der Waals surface area contributed by atoms with Crippen LogP contribution in [0.5, 0.6) is 5.88 Å². The molecular weight excluding hydrogens is 230 g/mol. The first kappa shape index (κ1) is 12.8. The third-order valence-electron chi connectivity index (χ3n) is 2.98. The Morgan fingerprint density at radius 3 is 3.28 bits per heavy atom. The first-order valence-electron chi connectivity index (χ1n) is 6.40. The topological polar surface area (TPSA) is 63.2 Å². The second-order valence-electron chi connectivity index (χ2n) is 4.32. The Morgan fingerprint density at radius 1 is 1.67 bits per heavy atom.